The Hall–Kier alpha value is -1.42. The second-order valence-electron chi connectivity index (χ2n) is 4.67. The molecule has 1 heterocycles. The molecule has 1 aromatic heterocycles. The molecule has 130 valence electrons. The van der Waals surface area contributed by atoms with Gasteiger partial charge in [-0.3, -0.25) is 4.79 Å². The van der Waals surface area contributed by atoms with Crippen LogP contribution in [0.5, 0.6) is 0 Å². The number of carbonyl (C=O) groups excluding carboxylic acids is 1. The normalized spacial score (nSPS) is 12.0. The summed E-state index contributed by atoms with van der Waals surface area (Å²) in [5.74, 6) is -0.708. The van der Waals surface area contributed by atoms with Crippen LogP contribution in [-0.4, -0.2) is 41.6 Å². The summed E-state index contributed by atoms with van der Waals surface area (Å²) in [6, 6.07) is 3.81. The van der Waals surface area contributed by atoms with E-state index < -0.39 is 11.1 Å². The molecule has 0 bridgehead atoms. The van der Waals surface area contributed by atoms with Crippen LogP contribution in [0.15, 0.2) is 22.5 Å². The first-order valence-electron chi connectivity index (χ1n) is 6.98. The van der Waals surface area contributed by atoms with Crippen LogP contribution in [0.2, 0.25) is 5.02 Å². The van der Waals surface area contributed by atoms with Crippen molar-refractivity contribution < 1.29 is 13.9 Å². The highest BCUT2D eigenvalue weighted by atomic mass is 35.5. The van der Waals surface area contributed by atoms with Crippen molar-refractivity contribution in [1.29, 1.82) is 0 Å². The van der Waals surface area contributed by atoms with E-state index in [1.165, 1.54) is 35.2 Å². The lowest BCUT2D eigenvalue weighted by molar-refractivity contribution is -0.115. The predicted octanol–water partition coefficient (Wildman–Crippen LogP) is 3.51. The second kappa shape index (κ2) is 9.16. The third-order valence-electron chi connectivity index (χ3n) is 2.82. The van der Waals surface area contributed by atoms with Gasteiger partial charge < -0.3 is 15.4 Å². The Labute approximate surface area is 152 Å². The topological polar surface area (TPSA) is 76.1 Å². The van der Waals surface area contributed by atoms with Crippen LogP contribution in [0.1, 0.15) is 6.92 Å². The van der Waals surface area contributed by atoms with E-state index >= 15 is 0 Å². The molecule has 1 unspecified atom stereocenters. The minimum atomic E-state index is -0.456. The number of rotatable bonds is 8. The summed E-state index contributed by atoms with van der Waals surface area (Å²) in [5, 5.41) is 14.2. The number of ether oxygens (including phenoxy) is 1. The first-order valence-corrected chi connectivity index (χ1v) is 9.06. The number of nitrogens with zero attached hydrogens (tertiary/aromatic N) is 2. The number of aromatic nitrogens is 2. The molecule has 0 saturated carbocycles. The molecule has 1 aromatic carbocycles. The van der Waals surface area contributed by atoms with Crippen molar-refractivity contribution in [2.75, 3.05) is 30.9 Å². The van der Waals surface area contributed by atoms with Crippen molar-refractivity contribution in [3.8, 4) is 0 Å². The van der Waals surface area contributed by atoms with E-state index in [9.17, 15) is 9.18 Å². The smallest absolute Gasteiger partial charge is 0.237 e. The molecule has 2 aromatic rings. The molecular weight excluding hydrogens is 375 g/mol. The number of halogens is 2. The highest BCUT2D eigenvalue weighted by Crippen LogP contribution is 2.30. The van der Waals surface area contributed by atoms with Crippen LogP contribution >= 0.6 is 34.7 Å². The number of amides is 1. The van der Waals surface area contributed by atoms with Crippen molar-refractivity contribution in [1.82, 2.24) is 10.2 Å². The van der Waals surface area contributed by atoms with E-state index in [0.29, 0.717) is 28.3 Å². The fraction of sp³-hybridized carbons (Fsp3) is 0.357. The average molecular weight is 391 g/mol. The van der Waals surface area contributed by atoms with Crippen molar-refractivity contribution in [2.45, 2.75) is 16.5 Å². The molecule has 24 heavy (non-hydrogen) atoms. The molecule has 10 heteroatoms. The van der Waals surface area contributed by atoms with Crippen molar-refractivity contribution in [2.24, 2.45) is 0 Å². The first-order chi connectivity index (χ1) is 11.5. The van der Waals surface area contributed by atoms with Crippen molar-refractivity contribution in [3.05, 3.63) is 29.0 Å². The van der Waals surface area contributed by atoms with Crippen LogP contribution in [0.25, 0.3) is 0 Å². The summed E-state index contributed by atoms with van der Waals surface area (Å²) in [4.78, 5) is 12.2. The molecule has 1 atom stereocenters. The number of anilines is 2. The van der Waals surface area contributed by atoms with Crippen LogP contribution in [0, 0.1) is 5.82 Å². The molecule has 2 rings (SSSR count). The SMILES string of the molecule is COCCNc1nnc(SC(C)C(=O)Nc2ccc(F)cc2Cl)s1. The van der Waals surface area contributed by atoms with E-state index in [-0.39, 0.29) is 10.9 Å². The van der Waals surface area contributed by atoms with E-state index in [1.54, 1.807) is 14.0 Å². The van der Waals surface area contributed by atoms with Gasteiger partial charge in [-0.1, -0.05) is 34.7 Å². The second-order valence-corrected chi connectivity index (χ2v) is 7.64. The van der Waals surface area contributed by atoms with E-state index in [4.69, 9.17) is 16.3 Å². The molecule has 0 fully saturated rings. The fourth-order valence-electron chi connectivity index (χ4n) is 1.62. The maximum Gasteiger partial charge on any atom is 0.237 e. The Kier molecular flexibility index (Phi) is 7.22. The molecule has 0 aliphatic rings. The molecule has 0 radical (unpaired) electrons. The van der Waals surface area contributed by atoms with Gasteiger partial charge in [0, 0.05) is 13.7 Å². The number of methoxy groups -OCH3 is 1. The largest absolute Gasteiger partial charge is 0.383 e. The van der Waals surface area contributed by atoms with E-state index in [1.807, 2.05) is 0 Å². The van der Waals surface area contributed by atoms with Gasteiger partial charge in [-0.15, -0.1) is 10.2 Å². The van der Waals surface area contributed by atoms with Crippen LogP contribution in [0.3, 0.4) is 0 Å². The summed E-state index contributed by atoms with van der Waals surface area (Å²) in [6.07, 6.45) is 0. The maximum absolute atomic E-state index is 13.0. The highest BCUT2D eigenvalue weighted by Gasteiger charge is 2.18. The van der Waals surface area contributed by atoms with Crippen molar-refractivity contribution in [3.63, 3.8) is 0 Å². The zero-order valence-corrected chi connectivity index (χ0v) is 15.4. The Morgan fingerprint density at radius 1 is 1.50 bits per heavy atom. The summed E-state index contributed by atoms with van der Waals surface area (Å²) < 4.78 is 18.6. The Morgan fingerprint density at radius 3 is 3.00 bits per heavy atom. The minimum Gasteiger partial charge on any atom is -0.383 e. The predicted molar refractivity (Wildman–Crippen MR) is 95.6 cm³/mol. The zero-order chi connectivity index (χ0) is 17.5. The van der Waals surface area contributed by atoms with Crippen LogP contribution in [0.4, 0.5) is 15.2 Å². The molecule has 0 spiro atoms. The van der Waals surface area contributed by atoms with Gasteiger partial charge in [0.15, 0.2) is 4.34 Å². The van der Waals surface area contributed by atoms with Gasteiger partial charge in [0.05, 0.1) is 22.6 Å². The summed E-state index contributed by atoms with van der Waals surface area (Å²) >= 11 is 8.55. The van der Waals surface area contributed by atoms with Gasteiger partial charge in [0.1, 0.15) is 5.82 Å². The third-order valence-corrected chi connectivity index (χ3v) is 5.20. The summed E-state index contributed by atoms with van der Waals surface area (Å²) in [5.41, 5.74) is 0.370. The Bertz CT molecular complexity index is 701. The molecule has 0 saturated heterocycles. The number of thioether (sulfide) groups is 1. The van der Waals surface area contributed by atoms with Gasteiger partial charge in [-0.25, -0.2) is 4.39 Å². The zero-order valence-electron chi connectivity index (χ0n) is 13.0. The lowest BCUT2D eigenvalue weighted by Gasteiger charge is -2.11. The Morgan fingerprint density at radius 2 is 2.29 bits per heavy atom. The Balaban J connectivity index is 1.89. The quantitative estimate of drug-likeness (QED) is 0.530. The molecule has 2 N–H and O–H groups in total. The number of carbonyl (C=O) groups is 1. The number of hydrogen-bond acceptors (Lipinski definition) is 7. The molecule has 1 amide bonds. The molecular formula is C14H16ClFN4O2S2. The minimum absolute atomic E-state index is 0.154. The van der Waals surface area contributed by atoms with Crippen LogP contribution in [-0.2, 0) is 9.53 Å². The number of hydrogen-bond donors (Lipinski definition) is 2. The van der Waals surface area contributed by atoms with Gasteiger partial charge >= 0.3 is 0 Å². The summed E-state index contributed by atoms with van der Waals surface area (Å²) in [7, 11) is 1.62. The van der Waals surface area contributed by atoms with Crippen LogP contribution < -0.4 is 10.6 Å². The monoisotopic (exact) mass is 390 g/mol. The van der Waals surface area contributed by atoms with Crippen molar-refractivity contribution >= 4 is 51.4 Å². The number of nitrogens with one attached hydrogen (secondary N) is 2. The number of benzene rings is 1. The lowest BCUT2D eigenvalue weighted by atomic mass is 10.3. The highest BCUT2D eigenvalue weighted by molar-refractivity contribution is 8.02. The van der Waals surface area contributed by atoms with Gasteiger partial charge in [-0.2, -0.15) is 0 Å². The molecule has 0 aliphatic heterocycles. The average Bonchev–Trinajstić information content (AvgIpc) is 2.97. The van der Waals surface area contributed by atoms with E-state index in [2.05, 4.69) is 20.8 Å². The third kappa shape index (κ3) is 5.59. The standard InChI is InChI=1S/C14H16ClFN4O2S2/c1-8(12(21)18-11-4-3-9(16)7-10(11)15)23-14-20-19-13(24-14)17-5-6-22-2/h3-4,7-8H,5-6H2,1-2H3,(H,17,19)(H,18,21). The first kappa shape index (κ1) is 18.9. The molecule has 6 nitrogen and oxygen atoms in total. The van der Waals surface area contributed by atoms with Gasteiger partial charge in [0.25, 0.3) is 0 Å². The maximum atomic E-state index is 13.0. The van der Waals surface area contributed by atoms with E-state index in [0.717, 1.165) is 6.07 Å². The van der Waals surface area contributed by atoms with Gasteiger partial charge in [0.2, 0.25) is 11.0 Å². The lowest BCUT2D eigenvalue weighted by Crippen LogP contribution is -2.22. The molecule has 0 aliphatic carbocycles. The summed E-state index contributed by atoms with van der Waals surface area (Å²) in [6.45, 7) is 2.95. The fourth-order valence-corrected chi connectivity index (χ4v) is 3.75. The van der Waals surface area contributed by atoms with Gasteiger partial charge in [-0.05, 0) is 25.1 Å².